The molecule has 0 amide bonds. The summed E-state index contributed by atoms with van der Waals surface area (Å²) in [6.45, 7) is 4.67. The van der Waals surface area contributed by atoms with E-state index in [-0.39, 0.29) is 5.41 Å². The van der Waals surface area contributed by atoms with Crippen molar-refractivity contribution < 1.29 is 0 Å². The first-order valence-corrected chi connectivity index (χ1v) is 20.0. The van der Waals surface area contributed by atoms with Crippen LogP contribution >= 0.6 is 11.3 Å². The summed E-state index contributed by atoms with van der Waals surface area (Å²) in [5, 5.41) is 4.90. The van der Waals surface area contributed by atoms with E-state index < -0.39 is 0 Å². The van der Waals surface area contributed by atoms with Gasteiger partial charge in [-0.2, -0.15) is 0 Å². The number of nitrogens with zero attached hydrogens (tertiary/aromatic N) is 2. The van der Waals surface area contributed by atoms with Gasteiger partial charge in [-0.3, -0.25) is 0 Å². The Bertz CT molecular complexity index is 3170. The van der Waals surface area contributed by atoms with Gasteiger partial charge in [0.15, 0.2) is 5.82 Å². The van der Waals surface area contributed by atoms with Crippen LogP contribution in [0.1, 0.15) is 25.0 Å². The molecule has 8 aromatic carbocycles. The highest BCUT2D eigenvalue weighted by Crippen LogP contribution is 2.50. The minimum atomic E-state index is -0.122. The van der Waals surface area contributed by atoms with Gasteiger partial charge in [0.05, 0.1) is 11.4 Å². The molecule has 0 atom stereocenters. The Balaban J connectivity index is 1.16. The number of thiophene rings is 1. The zero-order chi connectivity index (χ0) is 37.4. The Hall–Kier alpha value is -6.68. The molecule has 0 saturated carbocycles. The lowest BCUT2D eigenvalue weighted by Crippen LogP contribution is -2.14. The van der Waals surface area contributed by atoms with Crippen molar-refractivity contribution in [3.05, 3.63) is 193 Å². The molecule has 0 aliphatic heterocycles. The van der Waals surface area contributed by atoms with E-state index in [1.165, 1.54) is 64.5 Å². The van der Waals surface area contributed by atoms with Gasteiger partial charge in [0, 0.05) is 42.3 Å². The molecule has 1 aliphatic carbocycles. The number of aromatic nitrogens is 2. The second-order valence-corrected chi connectivity index (χ2v) is 16.4. The molecule has 11 rings (SSSR count). The maximum Gasteiger partial charge on any atom is 0.161 e. The van der Waals surface area contributed by atoms with Crippen LogP contribution in [0.15, 0.2) is 182 Å². The molecule has 0 bridgehead atoms. The van der Waals surface area contributed by atoms with Gasteiger partial charge in [-0.1, -0.05) is 159 Å². The quantitative estimate of drug-likeness (QED) is 0.176. The van der Waals surface area contributed by atoms with Crippen LogP contribution in [0.5, 0.6) is 0 Å². The molecule has 0 N–H and O–H groups in total. The minimum absolute atomic E-state index is 0.122. The molecular weight excluding hydrogens is 697 g/mol. The summed E-state index contributed by atoms with van der Waals surface area (Å²) < 4.78 is 2.60. The molecule has 1 aliphatic rings. The number of rotatable bonds is 5. The highest BCUT2D eigenvalue weighted by Gasteiger charge is 2.35. The molecule has 2 heterocycles. The SMILES string of the molecule is CC1(C)c2ccccc2-c2ccc(-c3cc(-c4cc(-c5ccccc5)cc(-c5cccc6c5sc5ccccc56)c4)nc(-c4cccc5ccccc45)n3)cc21. The summed E-state index contributed by atoms with van der Waals surface area (Å²) in [4.78, 5) is 10.8. The monoisotopic (exact) mass is 732 g/mol. The lowest BCUT2D eigenvalue weighted by molar-refractivity contribution is 0.660. The maximum atomic E-state index is 5.44. The molecule has 10 aromatic rings. The molecular formula is C53H36N2S. The average molecular weight is 733 g/mol. The van der Waals surface area contributed by atoms with E-state index in [9.17, 15) is 0 Å². The second kappa shape index (κ2) is 12.7. The van der Waals surface area contributed by atoms with Crippen LogP contribution in [0, 0.1) is 0 Å². The van der Waals surface area contributed by atoms with Crippen LogP contribution < -0.4 is 0 Å². The van der Waals surface area contributed by atoms with E-state index in [1.807, 2.05) is 11.3 Å². The number of hydrogen-bond donors (Lipinski definition) is 0. The maximum absolute atomic E-state index is 5.44. The lowest BCUT2D eigenvalue weighted by Gasteiger charge is -2.22. The molecule has 56 heavy (non-hydrogen) atoms. The molecule has 264 valence electrons. The second-order valence-electron chi connectivity index (χ2n) is 15.4. The van der Waals surface area contributed by atoms with Crippen LogP contribution in [0.4, 0.5) is 0 Å². The highest BCUT2D eigenvalue weighted by atomic mass is 32.1. The third kappa shape index (κ3) is 5.23. The van der Waals surface area contributed by atoms with Crippen LogP contribution in [-0.2, 0) is 5.41 Å². The van der Waals surface area contributed by atoms with E-state index in [4.69, 9.17) is 9.97 Å². The van der Waals surface area contributed by atoms with Gasteiger partial charge in [-0.25, -0.2) is 9.97 Å². The van der Waals surface area contributed by atoms with Gasteiger partial charge in [0.25, 0.3) is 0 Å². The van der Waals surface area contributed by atoms with Gasteiger partial charge < -0.3 is 0 Å². The molecule has 2 aromatic heterocycles. The predicted octanol–water partition coefficient (Wildman–Crippen LogP) is 14.6. The largest absolute Gasteiger partial charge is 0.228 e. The van der Waals surface area contributed by atoms with Crippen LogP contribution in [0.2, 0.25) is 0 Å². The Kier molecular flexibility index (Phi) is 7.42. The summed E-state index contributed by atoms with van der Waals surface area (Å²) in [6, 6.07) is 66.0. The summed E-state index contributed by atoms with van der Waals surface area (Å²) >= 11 is 1.87. The molecule has 3 heteroatoms. The smallest absolute Gasteiger partial charge is 0.161 e. The first kappa shape index (κ1) is 32.7. The molecule has 0 fully saturated rings. The first-order valence-electron chi connectivity index (χ1n) is 19.2. The normalized spacial score (nSPS) is 13.0. The summed E-state index contributed by atoms with van der Waals surface area (Å²) in [6.07, 6.45) is 0. The third-order valence-corrected chi connectivity index (χ3v) is 12.9. The van der Waals surface area contributed by atoms with Gasteiger partial charge in [0.2, 0.25) is 0 Å². The van der Waals surface area contributed by atoms with Crippen molar-refractivity contribution in [3.63, 3.8) is 0 Å². The Labute approximate surface area is 330 Å². The van der Waals surface area contributed by atoms with Crippen LogP contribution in [0.3, 0.4) is 0 Å². The van der Waals surface area contributed by atoms with Crippen molar-refractivity contribution >= 4 is 42.3 Å². The van der Waals surface area contributed by atoms with Crippen molar-refractivity contribution in [1.82, 2.24) is 9.97 Å². The number of hydrogen-bond acceptors (Lipinski definition) is 3. The van der Waals surface area contributed by atoms with E-state index in [1.54, 1.807) is 0 Å². The van der Waals surface area contributed by atoms with Gasteiger partial charge >= 0.3 is 0 Å². The first-order chi connectivity index (χ1) is 27.5. The molecule has 2 nitrogen and oxygen atoms in total. The van der Waals surface area contributed by atoms with E-state index >= 15 is 0 Å². The topological polar surface area (TPSA) is 25.8 Å². The highest BCUT2D eigenvalue weighted by molar-refractivity contribution is 7.26. The van der Waals surface area contributed by atoms with Gasteiger partial charge in [0.1, 0.15) is 0 Å². The minimum Gasteiger partial charge on any atom is -0.228 e. The van der Waals surface area contributed by atoms with Crippen LogP contribution in [-0.4, -0.2) is 9.97 Å². The Morgan fingerprint density at radius 1 is 0.393 bits per heavy atom. The van der Waals surface area contributed by atoms with Gasteiger partial charge in [-0.05, 0) is 91.7 Å². The Morgan fingerprint density at radius 2 is 1.02 bits per heavy atom. The predicted molar refractivity (Wildman–Crippen MR) is 237 cm³/mol. The fraction of sp³-hybridized carbons (Fsp3) is 0.0566. The standard InChI is InChI=1S/C53H36N2S/c1-53(2)46-24-10-8-19-41(46)42-27-26-35(31-47(42)53)48-32-49(55-52(54-48)45-23-12-17-34-16-6-7-18-39(34)45)38-29-36(33-14-4-3-5-15-33)28-37(30-38)40-21-13-22-44-43-20-9-11-25-50(43)56-51(40)44/h3-32H,1-2H3. The third-order valence-electron chi connectivity index (χ3n) is 11.7. The van der Waals surface area contributed by atoms with Crippen molar-refractivity contribution in [2.75, 3.05) is 0 Å². The lowest BCUT2D eigenvalue weighted by atomic mass is 9.82. The summed E-state index contributed by atoms with van der Waals surface area (Å²) in [5.74, 6) is 0.718. The molecule has 0 unspecified atom stereocenters. The summed E-state index contributed by atoms with van der Waals surface area (Å²) in [5.41, 5.74) is 14.9. The fourth-order valence-corrected chi connectivity index (χ4v) is 10.1. The zero-order valence-corrected chi connectivity index (χ0v) is 31.9. The van der Waals surface area contributed by atoms with E-state index in [0.29, 0.717) is 0 Å². The average Bonchev–Trinajstić information content (AvgIpc) is 3.75. The fourth-order valence-electron chi connectivity index (χ4n) is 8.85. The molecule has 0 saturated heterocycles. The van der Waals surface area contributed by atoms with E-state index in [0.717, 1.165) is 44.9 Å². The van der Waals surface area contributed by atoms with E-state index in [2.05, 4.69) is 196 Å². The van der Waals surface area contributed by atoms with Crippen LogP contribution in [0.25, 0.3) is 98.2 Å². The van der Waals surface area contributed by atoms with Crippen molar-refractivity contribution in [3.8, 4) is 67.3 Å². The van der Waals surface area contributed by atoms with Gasteiger partial charge in [-0.15, -0.1) is 11.3 Å². The van der Waals surface area contributed by atoms with Crippen molar-refractivity contribution in [1.29, 1.82) is 0 Å². The number of benzene rings is 8. The number of fused-ring (bicyclic) bond motifs is 7. The molecule has 0 spiro atoms. The summed E-state index contributed by atoms with van der Waals surface area (Å²) in [7, 11) is 0. The van der Waals surface area contributed by atoms with Crippen molar-refractivity contribution in [2.45, 2.75) is 19.3 Å². The van der Waals surface area contributed by atoms with Crippen molar-refractivity contribution in [2.24, 2.45) is 0 Å². The molecule has 0 radical (unpaired) electrons. The zero-order valence-electron chi connectivity index (χ0n) is 31.1. The Morgan fingerprint density at radius 3 is 1.91 bits per heavy atom.